The molecule has 27 heavy (non-hydrogen) atoms. The zero-order valence-corrected chi connectivity index (χ0v) is 17.2. The second-order valence-corrected chi connectivity index (χ2v) is 8.93. The molecule has 0 amide bonds. The molecule has 0 bridgehead atoms. The highest BCUT2D eigenvalue weighted by molar-refractivity contribution is 5.50. The highest BCUT2D eigenvalue weighted by atomic mass is 15.0. The zero-order valence-electron chi connectivity index (χ0n) is 17.2. The first-order chi connectivity index (χ1) is 12.8. The normalized spacial score (nSPS) is 12.2. The van der Waals surface area contributed by atoms with Crippen molar-refractivity contribution in [3.8, 4) is 0 Å². The minimum Gasteiger partial charge on any atom is -0.379 e. The van der Waals surface area contributed by atoms with Crippen LogP contribution in [0.4, 0.5) is 5.69 Å². The molecule has 0 aliphatic carbocycles. The van der Waals surface area contributed by atoms with Crippen molar-refractivity contribution in [3.63, 3.8) is 0 Å². The molecule has 0 heterocycles. The third-order valence-electron chi connectivity index (χ3n) is 5.20. The molecule has 0 fully saturated rings. The lowest BCUT2D eigenvalue weighted by Crippen LogP contribution is -2.38. The van der Waals surface area contributed by atoms with E-state index in [1.165, 1.54) is 16.7 Å². The molecule has 0 radical (unpaired) electrons. The van der Waals surface area contributed by atoms with Gasteiger partial charge in [0.1, 0.15) is 0 Å². The molecular formula is C26H31N. The summed E-state index contributed by atoms with van der Waals surface area (Å²) in [5.41, 5.74) is 5.19. The van der Waals surface area contributed by atoms with E-state index in [-0.39, 0.29) is 16.9 Å². The highest BCUT2D eigenvalue weighted by Gasteiger charge is 2.32. The number of benzene rings is 3. The SMILES string of the molecule is CC(C)(C)c1ccc(NC(C)(C)C(c2ccccc2)c2ccccc2)cc1. The molecule has 0 saturated carbocycles. The van der Waals surface area contributed by atoms with E-state index in [0.717, 1.165) is 5.69 Å². The third-order valence-corrected chi connectivity index (χ3v) is 5.20. The van der Waals surface area contributed by atoms with E-state index in [1.54, 1.807) is 0 Å². The van der Waals surface area contributed by atoms with Gasteiger partial charge in [-0.1, -0.05) is 93.6 Å². The lowest BCUT2D eigenvalue weighted by atomic mass is 9.77. The molecule has 0 aliphatic rings. The summed E-state index contributed by atoms with van der Waals surface area (Å²) in [5.74, 6) is 0.252. The maximum atomic E-state index is 3.79. The van der Waals surface area contributed by atoms with E-state index < -0.39 is 0 Å². The molecule has 1 nitrogen and oxygen atoms in total. The predicted octanol–water partition coefficient (Wildman–Crippen LogP) is 7.01. The van der Waals surface area contributed by atoms with Gasteiger partial charge in [-0.25, -0.2) is 0 Å². The summed E-state index contributed by atoms with van der Waals surface area (Å²) in [6, 6.07) is 30.4. The molecule has 0 saturated heterocycles. The van der Waals surface area contributed by atoms with E-state index in [9.17, 15) is 0 Å². The highest BCUT2D eigenvalue weighted by Crippen LogP contribution is 2.37. The van der Waals surface area contributed by atoms with E-state index >= 15 is 0 Å². The fourth-order valence-electron chi connectivity index (χ4n) is 3.81. The van der Waals surface area contributed by atoms with Crippen molar-refractivity contribution in [1.82, 2.24) is 0 Å². The molecule has 140 valence electrons. The Kier molecular flexibility index (Phi) is 5.41. The first-order valence-corrected chi connectivity index (χ1v) is 9.76. The smallest absolute Gasteiger partial charge is 0.0426 e. The average Bonchev–Trinajstić information content (AvgIpc) is 2.63. The molecule has 1 heteroatoms. The van der Waals surface area contributed by atoms with Crippen LogP contribution in [-0.4, -0.2) is 5.54 Å². The number of hydrogen-bond donors (Lipinski definition) is 1. The number of hydrogen-bond acceptors (Lipinski definition) is 1. The van der Waals surface area contributed by atoms with E-state index in [1.807, 2.05) is 0 Å². The summed E-state index contributed by atoms with van der Waals surface area (Å²) >= 11 is 0. The summed E-state index contributed by atoms with van der Waals surface area (Å²) in [4.78, 5) is 0. The van der Waals surface area contributed by atoms with Crippen molar-refractivity contribution in [1.29, 1.82) is 0 Å². The summed E-state index contributed by atoms with van der Waals surface area (Å²) in [7, 11) is 0. The van der Waals surface area contributed by atoms with Crippen LogP contribution >= 0.6 is 0 Å². The van der Waals surface area contributed by atoms with E-state index in [4.69, 9.17) is 0 Å². The average molecular weight is 358 g/mol. The molecule has 3 aromatic rings. The molecule has 0 aromatic heterocycles. The molecule has 0 atom stereocenters. The van der Waals surface area contributed by atoms with E-state index in [0.29, 0.717) is 0 Å². The van der Waals surface area contributed by atoms with E-state index in [2.05, 4.69) is 125 Å². The maximum absolute atomic E-state index is 3.79. The van der Waals surface area contributed by atoms with Crippen LogP contribution in [0, 0.1) is 0 Å². The van der Waals surface area contributed by atoms with Crippen molar-refractivity contribution >= 4 is 5.69 Å². The molecule has 0 aliphatic heterocycles. The van der Waals surface area contributed by atoms with Crippen molar-refractivity contribution in [2.75, 3.05) is 5.32 Å². The fraction of sp³-hybridized carbons (Fsp3) is 0.308. The second-order valence-electron chi connectivity index (χ2n) is 8.93. The zero-order chi connectivity index (χ0) is 19.5. The first-order valence-electron chi connectivity index (χ1n) is 9.76. The number of anilines is 1. The van der Waals surface area contributed by atoms with Crippen molar-refractivity contribution in [2.45, 2.75) is 51.5 Å². The van der Waals surface area contributed by atoms with Crippen LogP contribution in [0.5, 0.6) is 0 Å². The summed E-state index contributed by atoms with van der Waals surface area (Å²) < 4.78 is 0. The van der Waals surface area contributed by atoms with Gasteiger partial charge in [0.05, 0.1) is 0 Å². The Morgan fingerprint density at radius 3 is 1.44 bits per heavy atom. The van der Waals surface area contributed by atoms with Gasteiger partial charge in [-0.05, 0) is 48.1 Å². The largest absolute Gasteiger partial charge is 0.379 e. The van der Waals surface area contributed by atoms with Crippen LogP contribution < -0.4 is 5.32 Å². The third kappa shape index (κ3) is 4.60. The molecule has 1 N–H and O–H groups in total. The Hall–Kier alpha value is -2.54. The predicted molar refractivity (Wildman–Crippen MR) is 118 cm³/mol. The van der Waals surface area contributed by atoms with Gasteiger partial charge in [0, 0.05) is 17.1 Å². The van der Waals surface area contributed by atoms with Crippen LogP contribution in [0.3, 0.4) is 0 Å². The van der Waals surface area contributed by atoms with Crippen molar-refractivity contribution < 1.29 is 0 Å². The first kappa shape index (κ1) is 19.2. The number of rotatable bonds is 5. The fourth-order valence-corrected chi connectivity index (χ4v) is 3.81. The Balaban J connectivity index is 1.94. The topological polar surface area (TPSA) is 12.0 Å². The molecule has 0 spiro atoms. The van der Waals surface area contributed by atoms with Gasteiger partial charge in [-0.15, -0.1) is 0 Å². The minimum atomic E-state index is -0.147. The standard InChI is InChI=1S/C26H31N/c1-25(2,3)22-16-18-23(19-17-22)27-26(4,5)24(20-12-8-6-9-13-20)21-14-10-7-11-15-21/h6-19,24,27H,1-5H3. The lowest BCUT2D eigenvalue weighted by molar-refractivity contribution is 0.498. The van der Waals surface area contributed by atoms with Crippen molar-refractivity contribution in [3.05, 3.63) is 102 Å². The Labute approximate surface area is 164 Å². The molecule has 0 unspecified atom stereocenters. The van der Waals surface area contributed by atoms with Gasteiger partial charge < -0.3 is 5.32 Å². The summed E-state index contributed by atoms with van der Waals surface area (Å²) in [5, 5.41) is 3.79. The molecule has 3 aromatic carbocycles. The van der Waals surface area contributed by atoms with Gasteiger partial charge in [-0.3, -0.25) is 0 Å². The van der Waals surface area contributed by atoms with Crippen LogP contribution in [0.1, 0.15) is 57.2 Å². The Morgan fingerprint density at radius 2 is 1.04 bits per heavy atom. The lowest BCUT2D eigenvalue weighted by Gasteiger charge is -2.37. The second kappa shape index (κ2) is 7.60. The quantitative estimate of drug-likeness (QED) is 0.518. The summed E-state index contributed by atoms with van der Waals surface area (Å²) in [6.07, 6.45) is 0. The van der Waals surface area contributed by atoms with Crippen LogP contribution in [0.2, 0.25) is 0 Å². The van der Waals surface area contributed by atoms with Crippen LogP contribution in [0.25, 0.3) is 0 Å². The van der Waals surface area contributed by atoms with Gasteiger partial charge in [0.2, 0.25) is 0 Å². The van der Waals surface area contributed by atoms with Gasteiger partial charge in [0.25, 0.3) is 0 Å². The Bertz CT molecular complexity index is 801. The van der Waals surface area contributed by atoms with Crippen LogP contribution in [0.15, 0.2) is 84.9 Å². The van der Waals surface area contributed by atoms with Gasteiger partial charge in [0.15, 0.2) is 0 Å². The summed E-state index contributed by atoms with van der Waals surface area (Å²) in [6.45, 7) is 11.3. The number of nitrogens with one attached hydrogen (secondary N) is 1. The van der Waals surface area contributed by atoms with Gasteiger partial charge >= 0.3 is 0 Å². The van der Waals surface area contributed by atoms with Gasteiger partial charge in [-0.2, -0.15) is 0 Å². The maximum Gasteiger partial charge on any atom is 0.0426 e. The molecular weight excluding hydrogens is 326 g/mol. The van der Waals surface area contributed by atoms with Crippen molar-refractivity contribution in [2.24, 2.45) is 0 Å². The monoisotopic (exact) mass is 357 g/mol. The molecule has 3 rings (SSSR count). The minimum absolute atomic E-state index is 0.147. The Morgan fingerprint density at radius 1 is 0.593 bits per heavy atom. The van der Waals surface area contributed by atoms with Crippen LogP contribution in [-0.2, 0) is 5.41 Å².